The van der Waals surface area contributed by atoms with Crippen molar-refractivity contribution in [3.05, 3.63) is 59.2 Å². The summed E-state index contributed by atoms with van der Waals surface area (Å²) in [5, 5.41) is 15.9. The van der Waals surface area contributed by atoms with Crippen LogP contribution in [-0.4, -0.2) is 22.4 Å². The minimum absolute atomic E-state index is 0.0779. The number of fused-ring (bicyclic) bond motifs is 1. The van der Waals surface area contributed by atoms with Gasteiger partial charge in [-0.3, -0.25) is 0 Å². The Labute approximate surface area is 153 Å². The summed E-state index contributed by atoms with van der Waals surface area (Å²) in [6, 6.07) is 13.5. The number of amides is 2. The van der Waals surface area contributed by atoms with Crippen LogP contribution in [0.5, 0.6) is 11.5 Å². The summed E-state index contributed by atoms with van der Waals surface area (Å²) < 4.78 is 6.29. The van der Waals surface area contributed by atoms with Crippen molar-refractivity contribution >= 4 is 6.03 Å². The van der Waals surface area contributed by atoms with Crippen molar-refractivity contribution in [2.45, 2.75) is 50.8 Å². The first-order valence-electron chi connectivity index (χ1n) is 8.94. The Morgan fingerprint density at radius 2 is 1.85 bits per heavy atom. The predicted molar refractivity (Wildman–Crippen MR) is 99.5 cm³/mol. The molecule has 1 saturated heterocycles. The molecule has 2 aliphatic heterocycles. The Balaban J connectivity index is 1.81. The van der Waals surface area contributed by atoms with Gasteiger partial charge in [0.1, 0.15) is 11.5 Å². The standard InChI is InChI=1S/C21H24N2O3/c1-13-4-6-14(7-5-13)17-11-21(12-20(2,3)22-19(25)23-21)26-18-10-15(24)8-9-16(17)18/h4-10,17,24H,11-12H2,1-3H3,(H2,22,23,25)/t17-,21-/m1/s1. The second-order valence-electron chi connectivity index (χ2n) is 8.13. The summed E-state index contributed by atoms with van der Waals surface area (Å²) in [5.41, 5.74) is 2.23. The van der Waals surface area contributed by atoms with Crippen LogP contribution in [0, 0.1) is 6.92 Å². The Bertz CT molecular complexity index is 860. The van der Waals surface area contributed by atoms with E-state index in [0.717, 1.165) is 5.56 Å². The zero-order valence-corrected chi connectivity index (χ0v) is 15.3. The van der Waals surface area contributed by atoms with E-state index >= 15 is 0 Å². The van der Waals surface area contributed by atoms with E-state index in [1.165, 1.54) is 11.1 Å². The fraction of sp³-hybridized carbons (Fsp3) is 0.381. The molecular formula is C21H24N2O3. The lowest BCUT2D eigenvalue weighted by atomic mass is 9.77. The summed E-state index contributed by atoms with van der Waals surface area (Å²) >= 11 is 0. The van der Waals surface area contributed by atoms with Crippen LogP contribution < -0.4 is 15.4 Å². The molecule has 0 aliphatic carbocycles. The molecule has 0 unspecified atom stereocenters. The van der Waals surface area contributed by atoms with Crippen LogP contribution in [0.2, 0.25) is 0 Å². The number of urea groups is 1. The van der Waals surface area contributed by atoms with Crippen LogP contribution in [0.3, 0.4) is 0 Å². The smallest absolute Gasteiger partial charge is 0.318 e. The van der Waals surface area contributed by atoms with Crippen LogP contribution >= 0.6 is 0 Å². The molecule has 2 aromatic rings. The lowest BCUT2D eigenvalue weighted by Gasteiger charge is -2.49. The number of aryl methyl sites for hydroxylation is 1. The highest BCUT2D eigenvalue weighted by atomic mass is 16.5. The summed E-state index contributed by atoms with van der Waals surface area (Å²) in [5.74, 6) is 0.858. The van der Waals surface area contributed by atoms with Crippen LogP contribution in [0.25, 0.3) is 0 Å². The number of carbonyl (C=O) groups excluding carboxylic acids is 1. The van der Waals surface area contributed by atoms with Crippen molar-refractivity contribution in [1.82, 2.24) is 10.6 Å². The molecule has 1 spiro atoms. The highest BCUT2D eigenvalue weighted by molar-refractivity contribution is 5.77. The van der Waals surface area contributed by atoms with E-state index in [9.17, 15) is 9.90 Å². The number of nitrogens with one attached hydrogen (secondary N) is 2. The van der Waals surface area contributed by atoms with Gasteiger partial charge in [0.2, 0.25) is 0 Å². The molecule has 26 heavy (non-hydrogen) atoms. The van der Waals surface area contributed by atoms with Crippen LogP contribution in [0.1, 0.15) is 49.3 Å². The number of phenols is 1. The van der Waals surface area contributed by atoms with Gasteiger partial charge in [-0.15, -0.1) is 0 Å². The van der Waals surface area contributed by atoms with Gasteiger partial charge in [0, 0.05) is 35.9 Å². The maximum atomic E-state index is 12.3. The molecule has 5 nitrogen and oxygen atoms in total. The van der Waals surface area contributed by atoms with Gasteiger partial charge in [-0.1, -0.05) is 35.9 Å². The molecule has 2 amide bonds. The molecule has 1 fully saturated rings. The van der Waals surface area contributed by atoms with E-state index in [0.29, 0.717) is 18.6 Å². The lowest BCUT2D eigenvalue weighted by molar-refractivity contribution is -0.0236. The van der Waals surface area contributed by atoms with Crippen molar-refractivity contribution < 1.29 is 14.6 Å². The number of ether oxygens (including phenoxy) is 1. The zero-order chi connectivity index (χ0) is 18.5. The van der Waals surface area contributed by atoms with Crippen molar-refractivity contribution in [1.29, 1.82) is 0 Å². The molecule has 3 N–H and O–H groups in total. The second-order valence-corrected chi connectivity index (χ2v) is 8.13. The number of carbonyl (C=O) groups is 1. The number of benzene rings is 2. The van der Waals surface area contributed by atoms with Crippen molar-refractivity contribution in [2.75, 3.05) is 0 Å². The van der Waals surface area contributed by atoms with Gasteiger partial charge in [-0.05, 0) is 32.4 Å². The normalized spacial score (nSPS) is 26.4. The Morgan fingerprint density at radius 3 is 2.54 bits per heavy atom. The monoisotopic (exact) mass is 352 g/mol. The summed E-state index contributed by atoms with van der Waals surface area (Å²) in [6.45, 7) is 6.06. The van der Waals surface area contributed by atoms with E-state index in [1.54, 1.807) is 12.1 Å². The maximum absolute atomic E-state index is 12.3. The number of rotatable bonds is 1. The second kappa shape index (κ2) is 5.66. The van der Waals surface area contributed by atoms with E-state index in [1.807, 2.05) is 19.9 Å². The van der Waals surface area contributed by atoms with Gasteiger partial charge in [-0.2, -0.15) is 0 Å². The lowest BCUT2D eigenvalue weighted by Crippen LogP contribution is -2.69. The molecule has 2 atom stereocenters. The van der Waals surface area contributed by atoms with Gasteiger partial charge in [-0.25, -0.2) is 4.79 Å². The van der Waals surface area contributed by atoms with E-state index in [-0.39, 0.29) is 23.2 Å². The van der Waals surface area contributed by atoms with Crippen LogP contribution in [-0.2, 0) is 0 Å². The first-order valence-corrected chi connectivity index (χ1v) is 8.94. The minimum atomic E-state index is -0.803. The van der Waals surface area contributed by atoms with Gasteiger partial charge >= 0.3 is 6.03 Å². The average Bonchev–Trinajstić information content (AvgIpc) is 2.52. The van der Waals surface area contributed by atoms with E-state index in [2.05, 4.69) is 41.8 Å². The third kappa shape index (κ3) is 2.98. The first kappa shape index (κ1) is 16.8. The SMILES string of the molecule is Cc1ccc([C@H]2C[C@]3(CC(C)(C)NC(=O)N3)Oc3cc(O)ccc32)cc1. The highest BCUT2D eigenvalue weighted by Crippen LogP contribution is 2.47. The van der Waals surface area contributed by atoms with Gasteiger partial charge in [0.05, 0.1) is 0 Å². The highest BCUT2D eigenvalue weighted by Gasteiger charge is 2.49. The van der Waals surface area contributed by atoms with Gasteiger partial charge in [0.15, 0.2) is 5.72 Å². The molecule has 5 heteroatoms. The molecule has 0 radical (unpaired) electrons. The number of aromatic hydroxyl groups is 1. The third-order valence-electron chi connectivity index (χ3n) is 5.21. The largest absolute Gasteiger partial charge is 0.508 e. The average molecular weight is 352 g/mol. The van der Waals surface area contributed by atoms with Crippen LogP contribution in [0.15, 0.2) is 42.5 Å². The Kier molecular flexibility index (Phi) is 3.65. The summed E-state index contributed by atoms with van der Waals surface area (Å²) in [4.78, 5) is 12.3. The van der Waals surface area contributed by atoms with Crippen LogP contribution in [0.4, 0.5) is 4.79 Å². The molecule has 2 aromatic carbocycles. The third-order valence-corrected chi connectivity index (χ3v) is 5.21. The number of hydrogen-bond donors (Lipinski definition) is 3. The molecule has 2 heterocycles. The Hall–Kier alpha value is -2.69. The summed E-state index contributed by atoms with van der Waals surface area (Å²) in [6.07, 6.45) is 1.27. The van der Waals surface area contributed by atoms with Gasteiger partial charge < -0.3 is 20.5 Å². The molecule has 0 saturated carbocycles. The number of hydrogen-bond acceptors (Lipinski definition) is 3. The molecule has 2 aliphatic rings. The quantitative estimate of drug-likeness (QED) is 0.731. The van der Waals surface area contributed by atoms with E-state index in [4.69, 9.17) is 4.74 Å². The fourth-order valence-electron chi connectivity index (χ4n) is 4.22. The van der Waals surface area contributed by atoms with Gasteiger partial charge in [0.25, 0.3) is 0 Å². The minimum Gasteiger partial charge on any atom is -0.508 e. The fourth-order valence-corrected chi connectivity index (χ4v) is 4.22. The molecular weight excluding hydrogens is 328 g/mol. The molecule has 136 valence electrons. The molecule has 0 aromatic heterocycles. The Morgan fingerprint density at radius 1 is 1.12 bits per heavy atom. The maximum Gasteiger partial charge on any atom is 0.318 e. The van der Waals surface area contributed by atoms with Crippen molar-refractivity contribution in [3.8, 4) is 11.5 Å². The van der Waals surface area contributed by atoms with Crippen molar-refractivity contribution in [2.24, 2.45) is 0 Å². The first-order chi connectivity index (χ1) is 12.3. The summed E-state index contributed by atoms with van der Waals surface area (Å²) in [7, 11) is 0. The molecule has 0 bridgehead atoms. The number of phenolic OH excluding ortho intramolecular Hbond substituents is 1. The molecule has 4 rings (SSSR count). The zero-order valence-electron chi connectivity index (χ0n) is 15.3. The van der Waals surface area contributed by atoms with E-state index < -0.39 is 5.72 Å². The predicted octanol–water partition coefficient (Wildman–Crippen LogP) is 3.79. The topological polar surface area (TPSA) is 70.6 Å². The van der Waals surface area contributed by atoms with Crippen molar-refractivity contribution in [3.63, 3.8) is 0 Å².